The third-order valence-corrected chi connectivity index (χ3v) is 5.30. The van der Waals surface area contributed by atoms with Crippen molar-refractivity contribution in [1.29, 1.82) is 0 Å². The molecule has 0 aliphatic carbocycles. The number of nitrogens with zero attached hydrogens (tertiary/aromatic N) is 1. The van der Waals surface area contributed by atoms with Gasteiger partial charge in [0.15, 0.2) is 10.2 Å². The quantitative estimate of drug-likeness (QED) is 0.490. The van der Waals surface area contributed by atoms with Crippen molar-refractivity contribution in [3.63, 3.8) is 0 Å². The van der Waals surface area contributed by atoms with E-state index < -0.39 is 0 Å². The number of carbonyl (C=O) groups is 1. The number of anilines is 1. The molecule has 0 spiro atoms. The van der Waals surface area contributed by atoms with Gasteiger partial charge in [0.05, 0.1) is 17.3 Å². The van der Waals surface area contributed by atoms with Crippen molar-refractivity contribution in [2.45, 2.75) is 0 Å². The summed E-state index contributed by atoms with van der Waals surface area (Å²) in [6, 6.07) is 12.3. The molecule has 3 aromatic rings. The SMILES string of the molecule is COc1ccc(-c2csc(NC(=S)NC(=O)c3cccc(Cl)c3)n2)cc1Br. The summed E-state index contributed by atoms with van der Waals surface area (Å²) in [7, 11) is 1.61. The van der Waals surface area contributed by atoms with Crippen LogP contribution < -0.4 is 15.4 Å². The van der Waals surface area contributed by atoms with Gasteiger partial charge in [0.1, 0.15) is 5.75 Å². The smallest absolute Gasteiger partial charge is 0.257 e. The van der Waals surface area contributed by atoms with E-state index in [1.165, 1.54) is 11.3 Å². The predicted octanol–water partition coefficient (Wildman–Crippen LogP) is 5.36. The third kappa shape index (κ3) is 5.04. The first-order chi connectivity index (χ1) is 13.0. The first-order valence-electron chi connectivity index (χ1n) is 7.63. The van der Waals surface area contributed by atoms with E-state index in [9.17, 15) is 4.79 Å². The fourth-order valence-corrected chi connectivity index (χ4v) is 3.93. The summed E-state index contributed by atoms with van der Waals surface area (Å²) in [5, 5.41) is 8.66. The monoisotopic (exact) mass is 481 g/mol. The van der Waals surface area contributed by atoms with Crippen molar-refractivity contribution in [2.24, 2.45) is 0 Å². The molecule has 0 radical (unpaired) electrons. The highest BCUT2D eigenvalue weighted by Gasteiger charge is 2.11. The second kappa shape index (κ2) is 8.79. The molecule has 2 aromatic carbocycles. The molecule has 0 fully saturated rings. The number of aromatic nitrogens is 1. The fourth-order valence-electron chi connectivity index (χ4n) is 2.22. The number of hydrogen-bond acceptors (Lipinski definition) is 5. The largest absolute Gasteiger partial charge is 0.496 e. The Labute approximate surface area is 178 Å². The Kier molecular flexibility index (Phi) is 6.43. The van der Waals surface area contributed by atoms with Crippen LogP contribution in [0.3, 0.4) is 0 Å². The molecule has 1 aromatic heterocycles. The number of carbonyl (C=O) groups excluding carboxylic acids is 1. The number of halogens is 2. The number of amides is 1. The molecule has 27 heavy (non-hydrogen) atoms. The number of thiocarbonyl (C=S) groups is 1. The molecule has 5 nitrogen and oxygen atoms in total. The second-order valence-electron chi connectivity index (χ2n) is 5.31. The average Bonchev–Trinajstić information content (AvgIpc) is 3.09. The number of rotatable bonds is 4. The Morgan fingerprint density at radius 3 is 2.81 bits per heavy atom. The van der Waals surface area contributed by atoms with Gasteiger partial charge in [-0.25, -0.2) is 4.98 Å². The number of nitrogens with one attached hydrogen (secondary N) is 2. The molecule has 9 heteroatoms. The van der Waals surface area contributed by atoms with Gasteiger partial charge in [0.2, 0.25) is 0 Å². The first-order valence-corrected chi connectivity index (χ1v) is 10.1. The van der Waals surface area contributed by atoms with Crippen LogP contribution in [0, 0.1) is 0 Å². The Bertz CT molecular complexity index is 1010. The number of ether oxygens (including phenoxy) is 1. The van der Waals surface area contributed by atoms with E-state index in [4.69, 9.17) is 28.6 Å². The lowest BCUT2D eigenvalue weighted by Crippen LogP contribution is -2.34. The van der Waals surface area contributed by atoms with E-state index >= 15 is 0 Å². The van der Waals surface area contributed by atoms with Crippen molar-refractivity contribution < 1.29 is 9.53 Å². The molecule has 138 valence electrons. The van der Waals surface area contributed by atoms with E-state index in [1.807, 2.05) is 23.6 Å². The zero-order valence-corrected chi connectivity index (χ0v) is 17.9. The third-order valence-electron chi connectivity index (χ3n) is 3.49. The van der Waals surface area contributed by atoms with Crippen molar-refractivity contribution >= 4 is 67.2 Å². The second-order valence-corrected chi connectivity index (χ2v) is 7.86. The van der Waals surface area contributed by atoms with Crippen LogP contribution in [0.1, 0.15) is 10.4 Å². The van der Waals surface area contributed by atoms with Crippen LogP contribution in [-0.4, -0.2) is 23.1 Å². The molecule has 0 aliphatic rings. The number of benzene rings is 2. The number of thiazole rings is 1. The summed E-state index contributed by atoms with van der Waals surface area (Å²) in [5.74, 6) is 0.406. The minimum absolute atomic E-state index is 0.164. The Morgan fingerprint density at radius 1 is 1.30 bits per heavy atom. The molecular formula is C18H13BrClN3O2S2. The highest BCUT2D eigenvalue weighted by molar-refractivity contribution is 9.10. The number of hydrogen-bond donors (Lipinski definition) is 2. The van der Waals surface area contributed by atoms with E-state index in [0.717, 1.165) is 21.5 Å². The summed E-state index contributed by atoms with van der Waals surface area (Å²) in [6.07, 6.45) is 0. The Hall–Kier alpha value is -2.00. The lowest BCUT2D eigenvalue weighted by atomic mass is 10.2. The molecular weight excluding hydrogens is 470 g/mol. The molecule has 1 heterocycles. The molecule has 0 bridgehead atoms. The van der Waals surface area contributed by atoms with Gasteiger partial charge in [0.25, 0.3) is 5.91 Å². The van der Waals surface area contributed by atoms with Crippen LogP contribution >= 0.6 is 51.1 Å². The van der Waals surface area contributed by atoms with Gasteiger partial charge in [-0.15, -0.1) is 11.3 Å². The Balaban J connectivity index is 1.66. The maximum Gasteiger partial charge on any atom is 0.257 e. The van der Waals surface area contributed by atoms with Gasteiger partial charge in [-0.2, -0.15) is 0 Å². The Morgan fingerprint density at radius 2 is 2.11 bits per heavy atom. The van der Waals surface area contributed by atoms with E-state index in [-0.39, 0.29) is 11.0 Å². The van der Waals surface area contributed by atoms with Crippen LogP contribution in [0.5, 0.6) is 5.75 Å². The van der Waals surface area contributed by atoms with Crippen molar-refractivity contribution in [3.05, 3.63) is 62.9 Å². The van der Waals surface area contributed by atoms with Gasteiger partial charge < -0.3 is 10.1 Å². The summed E-state index contributed by atoms with van der Waals surface area (Å²) in [4.78, 5) is 16.7. The lowest BCUT2D eigenvalue weighted by molar-refractivity contribution is 0.0977. The van der Waals surface area contributed by atoms with Gasteiger partial charge in [0, 0.05) is 21.5 Å². The van der Waals surface area contributed by atoms with Crippen LogP contribution in [0.4, 0.5) is 5.13 Å². The summed E-state index contributed by atoms with van der Waals surface area (Å²) in [5.41, 5.74) is 2.14. The first kappa shape index (κ1) is 19.8. The molecule has 2 N–H and O–H groups in total. The number of methoxy groups -OCH3 is 1. The molecule has 3 rings (SSSR count). The minimum atomic E-state index is -0.342. The maximum atomic E-state index is 12.2. The van der Waals surface area contributed by atoms with Gasteiger partial charge in [-0.05, 0) is 64.5 Å². The normalized spacial score (nSPS) is 10.3. The predicted molar refractivity (Wildman–Crippen MR) is 117 cm³/mol. The van der Waals surface area contributed by atoms with Gasteiger partial charge in [-0.3, -0.25) is 10.1 Å². The highest BCUT2D eigenvalue weighted by Crippen LogP contribution is 2.32. The van der Waals surface area contributed by atoms with Crippen molar-refractivity contribution in [3.8, 4) is 17.0 Å². The zero-order valence-electron chi connectivity index (χ0n) is 14.0. The highest BCUT2D eigenvalue weighted by atomic mass is 79.9. The molecule has 0 atom stereocenters. The van der Waals surface area contributed by atoms with E-state index in [2.05, 4.69) is 31.5 Å². The topological polar surface area (TPSA) is 63.2 Å². The average molecular weight is 483 g/mol. The van der Waals surface area contributed by atoms with Crippen LogP contribution in [-0.2, 0) is 0 Å². The van der Waals surface area contributed by atoms with Gasteiger partial charge in [-0.1, -0.05) is 17.7 Å². The molecule has 0 saturated heterocycles. The van der Waals surface area contributed by atoms with Crippen molar-refractivity contribution in [2.75, 3.05) is 12.4 Å². The molecule has 0 unspecified atom stereocenters. The molecule has 0 aliphatic heterocycles. The van der Waals surface area contributed by atoms with Crippen LogP contribution in [0.15, 0.2) is 52.3 Å². The summed E-state index contributed by atoms with van der Waals surface area (Å²) >= 11 is 15.9. The molecule has 0 saturated carbocycles. The summed E-state index contributed by atoms with van der Waals surface area (Å²) < 4.78 is 6.07. The summed E-state index contributed by atoms with van der Waals surface area (Å²) in [6.45, 7) is 0. The minimum Gasteiger partial charge on any atom is -0.496 e. The fraction of sp³-hybridized carbons (Fsp3) is 0.0556. The maximum absolute atomic E-state index is 12.2. The van der Waals surface area contributed by atoms with E-state index in [0.29, 0.717) is 15.7 Å². The van der Waals surface area contributed by atoms with Crippen molar-refractivity contribution in [1.82, 2.24) is 10.3 Å². The van der Waals surface area contributed by atoms with E-state index in [1.54, 1.807) is 31.4 Å². The van der Waals surface area contributed by atoms with Crippen LogP contribution in [0.25, 0.3) is 11.3 Å². The standard InChI is InChI=1S/C18H13BrClN3O2S2/c1-25-15-6-5-10(8-13(15)19)14-9-27-18(21-14)23-17(26)22-16(24)11-3-2-4-12(20)7-11/h2-9H,1H3,(H2,21,22,23,24,26). The molecule has 1 amide bonds. The van der Waals surface area contributed by atoms with Gasteiger partial charge >= 0.3 is 0 Å². The lowest BCUT2D eigenvalue weighted by Gasteiger charge is -2.07. The zero-order chi connectivity index (χ0) is 19.4. The van der Waals surface area contributed by atoms with Crippen LogP contribution in [0.2, 0.25) is 5.02 Å².